The molecule has 3 rings (SSSR count). The highest BCUT2D eigenvalue weighted by molar-refractivity contribution is 5.93. The van der Waals surface area contributed by atoms with E-state index in [2.05, 4.69) is 22.5 Å². The molecule has 7 nitrogen and oxygen atoms in total. The van der Waals surface area contributed by atoms with E-state index < -0.39 is 0 Å². The lowest BCUT2D eigenvalue weighted by molar-refractivity contribution is -0.117. The van der Waals surface area contributed by atoms with Crippen molar-refractivity contribution in [2.45, 2.75) is 19.4 Å². The number of methoxy groups -OCH3 is 1. The monoisotopic (exact) mass is 424 g/mol. The van der Waals surface area contributed by atoms with Gasteiger partial charge in [-0.2, -0.15) is 0 Å². The number of amides is 3. The average molecular weight is 425 g/mol. The summed E-state index contributed by atoms with van der Waals surface area (Å²) in [6, 6.07) is 17.6. The Kier molecular flexibility index (Phi) is 8.44. The molecule has 1 saturated heterocycles. The van der Waals surface area contributed by atoms with Crippen LogP contribution in [0.1, 0.15) is 24.2 Å². The number of piperazine rings is 1. The number of rotatable bonds is 8. The van der Waals surface area contributed by atoms with Crippen LogP contribution in [-0.2, 0) is 16.0 Å². The molecule has 2 N–H and O–H groups in total. The first-order valence-corrected chi connectivity index (χ1v) is 10.8. The Bertz CT molecular complexity index is 851. The van der Waals surface area contributed by atoms with Crippen LogP contribution in [0, 0.1) is 0 Å². The van der Waals surface area contributed by atoms with Crippen LogP contribution in [0.15, 0.2) is 54.6 Å². The van der Waals surface area contributed by atoms with Crippen LogP contribution >= 0.6 is 0 Å². The predicted octanol–water partition coefficient (Wildman–Crippen LogP) is 2.90. The van der Waals surface area contributed by atoms with Crippen LogP contribution in [0.25, 0.3) is 0 Å². The number of hydrogen-bond acceptors (Lipinski definition) is 4. The number of anilines is 1. The molecule has 1 aliphatic rings. The molecule has 1 atom stereocenters. The first-order chi connectivity index (χ1) is 15.1. The number of carbonyl (C=O) groups is 2. The Hall–Kier alpha value is -2.90. The lowest BCUT2D eigenvalue weighted by Gasteiger charge is -2.34. The van der Waals surface area contributed by atoms with Gasteiger partial charge in [0.1, 0.15) is 0 Å². The summed E-state index contributed by atoms with van der Waals surface area (Å²) >= 11 is 0. The molecule has 3 amide bonds. The molecule has 1 fully saturated rings. The molecule has 1 aliphatic heterocycles. The minimum atomic E-state index is -0.180. The maximum Gasteiger partial charge on any atom is 0.317 e. The topological polar surface area (TPSA) is 73.9 Å². The van der Waals surface area contributed by atoms with Crippen LogP contribution < -0.4 is 10.6 Å². The molecule has 166 valence electrons. The van der Waals surface area contributed by atoms with Crippen molar-refractivity contribution in [1.82, 2.24) is 15.1 Å². The van der Waals surface area contributed by atoms with E-state index in [1.165, 1.54) is 0 Å². The molecule has 31 heavy (non-hydrogen) atoms. The number of para-hydroxylation sites is 1. The van der Waals surface area contributed by atoms with Crippen molar-refractivity contribution in [3.63, 3.8) is 0 Å². The van der Waals surface area contributed by atoms with Gasteiger partial charge >= 0.3 is 6.03 Å². The molecule has 1 unspecified atom stereocenters. The van der Waals surface area contributed by atoms with Crippen molar-refractivity contribution < 1.29 is 14.3 Å². The van der Waals surface area contributed by atoms with E-state index in [4.69, 9.17) is 4.74 Å². The molecular formula is C24H32N4O3. The summed E-state index contributed by atoms with van der Waals surface area (Å²) in [7, 11) is 1.65. The largest absolute Gasteiger partial charge is 0.375 e. The third-order valence-electron chi connectivity index (χ3n) is 5.59. The highest BCUT2D eigenvalue weighted by Gasteiger charge is 2.23. The number of hydrogen-bond donors (Lipinski definition) is 2. The molecule has 2 aromatic carbocycles. The fourth-order valence-corrected chi connectivity index (χ4v) is 3.75. The highest BCUT2D eigenvalue weighted by atomic mass is 16.5. The Labute approximate surface area is 184 Å². The van der Waals surface area contributed by atoms with Gasteiger partial charge < -0.3 is 20.3 Å². The molecule has 7 heteroatoms. The Morgan fingerprint density at radius 1 is 1.00 bits per heavy atom. The predicted molar refractivity (Wildman–Crippen MR) is 122 cm³/mol. The fourth-order valence-electron chi connectivity index (χ4n) is 3.75. The molecule has 1 heterocycles. The van der Waals surface area contributed by atoms with Crippen molar-refractivity contribution in [2.24, 2.45) is 0 Å². The first-order valence-electron chi connectivity index (χ1n) is 10.8. The zero-order chi connectivity index (χ0) is 22.1. The van der Waals surface area contributed by atoms with Crippen LogP contribution in [-0.4, -0.2) is 68.1 Å². The van der Waals surface area contributed by atoms with E-state index in [-0.39, 0.29) is 18.0 Å². The Balaban J connectivity index is 1.41. The van der Waals surface area contributed by atoms with Gasteiger partial charge in [-0.25, -0.2) is 4.79 Å². The fraction of sp³-hybridized carbons (Fsp3) is 0.417. The van der Waals surface area contributed by atoms with E-state index in [0.717, 1.165) is 23.2 Å². The van der Waals surface area contributed by atoms with E-state index in [1.54, 1.807) is 12.0 Å². The second kappa shape index (κ2) is 11.5. The molecule has 0 spiro atoms. The quantitative estimate of drug-likeness (QED) is 0.683. The van der Waals surface area contributed by atoms with E-state index >= 15 is 0 Å². The number of benzene rings is 2. The second-order valence-corrected chi connectivity index (χ2v) is 7.64. The lowest BCUT2D eigenvalue weighted by atomic mass is 10.1. The van der Waals surface area contributed by atoms with Crippen molar-refractivity contribution in [1.29, 1.82) is 0 Å². The normalized spacial score (nSPS) is 15.4. The average Bonchev–Trinajstić information content (AvgIpc) is 2.81. The van der Waals surface area contributed by atoms with E-state index in [1.807, 2.05) is 54.6 Å². The highest BCUT2D eigenvalue weighted by Crippen LogP contribution is 2.16. The van der Waals surface area contributed by atoms with Crippen molar-refractivity contribution in [3.05, 3.63) is 65.7 Å². The summed E-state index contributed by atoms with van der Waals surface area (Å²) in [5.41, 5.74) is 3.03. The van der Waals surface area contributed by atoms with Gasteiger partial charge in [0.05, 0.1) is 12.6 Å². The molecular weight excluding hydrogens is 392 g/mol. The van der Waals surface area contributed by atoms with Gasteiger partial charge in [-0.1, -0.05) is 55.5 Å². The number of ether oxygens (including phenoxy) is 1. The van der Waals surface area contributed by atoms with Gasteiger partial charge in [0, 0.05) is 45.5 Å². The molecule has 2 aromatic rings. The second-order valence-electron chi connectivity index (χ2n) is 7.64. The molecule has 0 aromatic heterocycles. The SMILES string of the molecule is CCc1ccccc1NC(=O)CN1CCN(C(=O)NCC(OC)c2ccccc2)CC1. The number of carbonyl (C=O) groups excluding carboxylic acids is 2. The summed E-state index contributed by atoms with van der Waals surface area (Å²) in [5.74, 6) is -0.0235. The number of nitrogens with zero attached hydrogens (tertiary/aromatic N) is 2. The zero-order valence-electron chi connectivity index (χ0n) is 18.3. The van der Waals surface area contributed by atoms with Crippen LogP contribution in [0.3, 0.4) is 0 Å². The Morgan fingerprint density at radius 2 is 1.68 bits per heavy atom. The summed E-state index contributed by atoms with van der Waals surface area (Å²) in [6.45, 7) is 5.34. The van der Waals surface area contributed by atoms with Crippen molar-refractivity contribution in [3.8, 4) is 0 Å². The van der Waals surface area contributed by atoms with Crippen LogP contribution in [0.2, 0.25) is 0 Å². The lowest BCUT2D eigenvalue weighted by Crippen LogP contribution is -2.53. The van der Waals surface area contributed by atoms with Gasteiger partial charge in [-0.3, -0.25) is 9.69 Å². The summed E-state index contributed by atoms with van der Waals surface area (Å²) in [4.78, 5) is 28.9. The first kappa shape index (κ1) is 22.8. The van der Waals surface area contributed by atoms with Crippen molar-refractivity contribution >= 4 is 17.6 Å². The maximum atomic E-state index is 12.6. The third kappa shape index (κ3) is 6.54. The van der Waals surface area contributed by atoms with Gasteiger partial charge in [0.15, 0.2) is 0 Å². The zero-order valence-corrected chi connectivity index (χ0v) is 18.3. The Morgan fingerprint density at radius 3 is 2.35 bits per heavy atom. The molecule has 0 aliphatic carbocycles. The summed E-state index contributed by atoms with van der Waals surface area (Å²) in [6.07, 6.45) is 0.694. The van der Waals surface area contributed by atoms with E-state index in [9.17, 15) is 9.59 Å². The standard InChI is InChI=1S/C24H32N4O3/c1-3-19-9-7-8-12-21(19)26-23(29)18-27-13-15-28(16-14-27)24(30)25-17-22(31-2)20-10-5-4-6-11-20/h4-12,22H,3,13-18H2,1-2H3,(H,25,30)(H,26,29). The smallest absolute Gasteiger partial charge is 0.317 e. The third-order valence-corrected chi connectivity index (χ3v) is 5.59. The summed E-state index contributed by atoms with van der Waals surface area (Å²) < 4.78 is 5.51. The van der Waals surface area contributed by atoms with Crippen molar-refractivity contribution in [2.75, 3.05) is 51.7 Å². The van der Waals surface area contributed by atoms with Gasteiger partial charge in [0.2, 0.25) is 5.91 Å². The van der Waals surface area contributed by atoms with Gasteiger partial charge in [-0.15, -0.1) is 0 Å². The minimum Gasteiger partial charge on any atom is -0.375 e. The van der Waals surface area contributed by atoms with Crippen LogP contribution in [0.4, 0.5) is 10.5 Å². The van der Waals surface area contributed by atoms with E-state index in [0.29, 0.717) is 39.3 Å². The van der Waals surface area contributed by atoms with Gasteiger partial charge in [0.25, 0.3) is 0 Å². The number of urea groups is 1. The molecule has 0 saturated carbocycles. The molecule has 0 bridgehead atoms. The maximum absolute atomic E-state index is 12.6. The van der Waals surface area contributed by atoms with Crippen LogP contribution in [0.5, 0.6) is 0 Å². The minimum absolute atomic E-state index is 0.0235. The molecule has 0 radical (unpaired) electrons. The number of nitrogens with one attached hydrogen (secondary N) is 2. The van der Waals surface area contributed by atoms with Gasteiger partial charge in [-0.05, 0) is 23.6 Å². The number of aryl methyl sites for hydroxylation is 1. The summed E-state index contributed by atoms with van der Waals surface area (Å²) in [5, 5.41) is 5.98.